The molecule has 0 radical (unpaired) electrons. The number of esters is 1. The molecule has 5 heteroatoms. The Morgan fingerprint density at radius 2 is 1.96 bits per heavy atom. The summed E-state index contributed by atoms with van der Waals surface area (Å²) in [6, 6.07) is 11.0. The Balaban J connectivity index is 0.00000225. The molecular formula is C20H30BrNO3. The fourth-order valence-electron chi connectivity index (χ4n) is 4.87. The average molecular weight is 412 g/mol. The highest BCUT2D eigenvalue weighted by Crippen LogP contribution is 2.44. The van der Waals surface area contributed by atoms with Gasteiger partial charge in [-0.2, -0.15) is 0 Å². The van der Waals surface area contributed by atoms with Crippen LogP contribution >= 0.6 is 0 Å². The van der Waals surface area contributed by atoms with Gasteiger partial charge in [0.15, 0.2) is 6.10 Å². The van der Waals surface area contributed by atoms with Crippen LogP contribution in [0.3, 0.4) is 0 Å². The molecule has 0 aliphatic carbocycles. The zero-order chi connectivity index (χ0) is 17.3. The smallest absolute Gasteiger partial charge is 0.316 e. The number of likely N-dealkylation sites (N-methyl/N-ethyl adjacent to an activating group) is 1. The van der Waals surface area contributed by atoms with Crippen LogP contribution in [0.25, 0.3) is 0 Å². The molecule has 4 nitrogen and oxygen atoms in total. The van der Waals surface area contributed by atoms with Crippen molar-refractivity contribution >= 4 is 5.97 Å². The van der Waals surface area contributed by atoms with Crippen molar-refractivity contribution < 1.29 is 36.1 Å². The van der Waals surface area contributed by atoms with E-state index >= 15 is 0 Å². The number of hydrogen-bond donors (Lipinski definition) is 1. The molecular weight excluding hydrogens is 382 g/mol. The Bertz CT molecular complexity index is 580. The van der Waals surface area contributed by atoms with Crippen molar-refractivity contribution in [1.29, 1.82) is 0 Å². The fourth-order valence-corrected chi connectivity index (χ4v) is 4.87. The van der Waals surface area contributed by atoms with Gasteiger partial charge in [-0.15, -0.1) is 0 Å². The predicted molar refractivity (Wildman–Crippen MR) is 93.5 cm³/mol. The lowest BCUT2D eigenvalue weighted by molar-refractivity contribution is -0.968. The molecule has 140 valence electrons. The Kier molecular flexibility index (Phi) is 6.68. The van der Waals surface area contributed by atoms with Crippen LogP contribution in [0.4, 0.5) is 0 Å². The lowest BCUT2D eigenvalue weighted by Crippen LogP contribution is -3.00. The zero-order valence-electron chi connectivity index (χ0n) is 15.4. The van der Waals surface area contributed by atoms with Crippen molar-refractivity contribution in [1.82, 2.24) is 0 Å². The quantitative estimate of drug-likeness (QED) is 0.541. The number of fused-ring (bicyclic) bond motifs is 2. The van der Waals surface area contributed by atoms with Gasteiger partial charge < -0.3 is 31.3 Å². The van der Waals surface area contributed by atoms with Gasteiger partial charge in [0.05, 0.1) is 25.7 Å². The maximum absolute atomic E-state index is 12.7. The molecule has 5 unspecified atom stereocenters. The van der Waals surface area contributed by atoms with Crippen molar-refractivity contribution in [3.05, 3.63) is 35.9 Å². The second kappa shape index (κ2) is 8.19. The highest BCUT2D eigenvalue weighted by Gasteiger charge is 2.57. The number of nitrogens with zero attached hydrogens (tertiary/aromatic N) is 1. The van der Waals surface area contributed by atoms with Crippen LogP contribution in [0, 0.1) is 0 Å². The van der Waals surface area contributed by atoms with E-state index in [9.17, 15) is 9.90 Å². The molecule has 1 aromatic rings. The molecule has 3 rings (SSSR count). The van der Waals surface area contributed by atoms with Crippen LogP contribution in [0.5, 0.6) is 0 Å². The van der Waals surface area contributed by atoms with E-state index in [0.717, 1.165) is 22.9 Å². The Morgan fingerprint density at radius 1 is 1.28 bits per heavy atom. The van der Waals surface area contributed by atoms with Gasteiger partial charge >= 0.3 is 5.97 Å². The number of halogens is 1. The number of carbonyl (C=O) groups is 1. The normalized spacial score (nSPS) is 32.1. The molecule has 2 aliphatic rings. The lowest BCUT2D eigenvalue weighted by Gasteiger charge is -2.48. The van der Waals surface area contributed by atoms with Crippen LogP contribution < -0.4 is 17.0 Å². The van der Waals surface area contributed by atoms with E-state index in [2.05, 4.69) is 20.9 Å². The SMILES string of the molecule is CC(C)[N+]1(C)C2CCCC1C(OC(=O)C(CO)c1ccccc1)C2.[Br-]. The van der Waals surface area contributed by atoms with Crippen molar-refractivity contribution in [3.63, 3.8) is 0 Å². The van der Waals surface area contributed by atoms with Gasteiger partial charge in [0.1, 0.15) is 12.0 Å². The fraction of sp³-hybridized carbons (Fsp3) is 0.650. The number of piperidine rings is 1. The van der Waals surface area contributed by atoms with E-state index in [1.54, 1.807) is 0 Å². The van der Waals surface area contributed by atoms with E-state index in [1.807, 2.05) is 30.3 Å². The number of hydrogen-bond acceptors (Lipinski definition) is 3. The molecule has 0 amide bonds. The molecule has 1 N–H and O–H groups in total. The summed E-state index contributed by atoms with van der Waals surface area (Å²) in [5.74, 6) is -0.860. The number of aliphatic hydroxyl groups is 1. The van der Waals surface area contributed by atoms with Gasteiger partial charge in [-0.3, -0.25) is 4.79 Å². The van der Waals surface area contributed by atoms with Crippen LogP contribution in [0.2, 0.25) is 0 Å². The van der Waals surface area contributed by atoms with Gasteiger partial charge in [0.25, 0.3) is 0 Å². The number of aliphatic hydroxyl groups excluding tert-OH is 1. The standard InChI is InChI=1S/C20H30NO3.BrH/c1-14(2)21(3)16-10-7-11-18(21)19(12-16)24-20(23)17(13-22)15-8-5-4-6-9-15;/h4-6,8-9,14,16-19,22H,7,10-13H2,1-3H3;1H/q+1;/p-1. The molecule has 2 heterocycles. The maximum Gasteiger partial charge on any atom is 0.316 e. The number of quaternary nitrogens is 1. The molecule has 2 fully saturated rings. The average Bonchev–Trinajstić information content (AvgIpc) is 2.72. The van der Waals surface area contributed by atoms with Gasteiger partial charge in [-0.1, -0.05) is 30.3 Å². The van der Waals surface area contributed by atoms with E-state index in [-0.39, 0.29) is 35.7 Å². The first kappa shape index (κ1) is 20.4. The Labute approximate surface area is 161 Å². The second-order valence-electron chi connectivity index (χ2n) is 7.82. The second-order valence-corrected chi connectivity index (χ2v) is 7.82. The third kappa shape index (κ3) is 3.64. The molecule has 2 saturated heterocycles. The molecule has 5 atom stereocenters. The number of rotatable bonds is 5. The summed E-state index contributed by atoms with van der Waals surface area (Å²) in [6.07, 6.45) is 4.51. The summed E-state index contributed by atoms with van der Waals surface area (Å²) >= 11 is 0. The van der Waals surface area contributed by atoms with E-state index in [4.69, 9.17) is 4.74 Å². The summed E-state index contributed by atoms with van der Waals surface area (Å²) in [5.41, 5.74) is 0.826. The van der Waals surface area contributed by atoms with Gasteiger partial charge in [0, 0.05) is 12.8 Å². The highest BCUT2D eigenvalue weighted by atomic mass is 79.9. The Morgan fingerprint density at radius 3 is 2.52 bits per heavy atom. The van der Waals surface area contributed by atoms with Crippen molar-refractivity contribution in [2.45, 2.75) is 69.7 Å². The minimum absolute atomic E-state index is 0. The maximum atomic E-state index is 12.7. The summed E-state index contributed by atoms with van der Waals surface area (Å²) in [5, 5.41) is 9.70. The van der Waals surface area contributed by atoms with Crippen LogP contribution in [0.1, 0.15) is 51.0 Å². The van der Waals surface area contributed by atoms with Gasteiger partial charge in [-0.05, 0) is 32.3 Å². The molecule has 0 saturated carbocycles. The third-order valence-corrected chi connectivity index (χ3v) is 6.52. The van der Waals surface area contributed by atoms with Crippen molar-refractivity contribution in [2.24, 2.45) is 0 Å². The minimum atomic E-state index is -0.579. The van der Waals surface area contributed by atoms with Crippen molar-refractivity contribution in [3.8, 4) is 0 Å². The molecule has 0 aromatic heterocycles. The van der Waals surface area contributed by atoms with E-state index in [0.29, 0.717) is 18.1 Å². The third-order valence-electron chi connectivity index (χ3n) is 6.52. The zero-order valence-corrected chi connectivity index (χ0v) is 17.0. The monoisotopic (exact) mass is 411 g/mol. The largest absolute Gasteiger partial charge is 1.00 e. The summed E-state index contributed by atoms with van der Waals surface area (Å²) in [7, 11) is 2.33. The summed E-state index contributed by atoms with van der Waals surface area (Å²) in [4.78, 5) is 12.7. The highest BCUT2D eigenvalue weighted by molar-refractivity contribution is 5.78. The lowest BCUT2D eigenvalue weighted by atomic mass is 9.97. The molecule has 0 spiro atoms. The first-order chi connectivity index (χ1) is 11.5. The topological polar surface area (TPSA) is 46.5 Å². The number of ether oxygens (including phenoxy) is 1. The van der Waals surface area contributed by atoms with Crippen molar-refractivity contribution in [2.75, 3.05) is 13.7 Å². The molecule has 25 heavy (non-hydrogen) atoms. The van der Waals surface area contributed by atoms with Crippen LogP contribution in [-0.2, 0) is 9.53 Å². The molecule has 1 aromatic carbocycles. The van der Waals surface area contributed by atoms with Crippen LogP contribution in [0.15, 0.2) is 30.3 Å². The number of benzene rings is 1. The number of carbonyl (C=O) groups excluding carboxylic acids is 1. The minimum Gasteiger partial charge on any atom is -1.00 e. The molecule has 2 aliphatic heterocycles. The van der Waals surface area contributed by atoms with E-state index < -0.39 is 5.92 Å². The van der Waals surface area contributed by atoms with Gasteiger partial charge in [0.2, 0.25) is 0 Å². The summed E-state index contributed by atoms with van der Waals surface area (Å²) < 4.78 is 6.98. The van der Waals surface area contributed by atoms with E-state index in [1.165, 1.54) is 12.8 Å². The first-order valence-electron chi connectivity index (χ1n) is 9.20. The Hall–Kier alpha value is -0.910. The summed E-state index contributed by atoms with van der Waals surface area (Å²) in [6.45, 7) is 4.34. The van der Waals surface area contributed by atoms with Crippen LogP contribution in [-0.4, -0.2) is 53.4 Å². The van der Waals surface area contributed by atoms with Gasteiger partial charge in [-0.25, -0.2) is 0 Å². The predicted octanol–water partition coefficient (Wildman–Crippen LogP) is -0.142. The first-order valence-corrected chi connectivity index (χ1v) is 9.20. The molecule has 2 bridgehead atoms.